The molecule has 1 aliphatic rings. The van der Waals surface area contributed by atoms with Crippen LogP contribution in [0.5, 0.6) is 0 Å². The largest absolute Gasteiger partial charge is 0.296 e. The highest BCUT2D eigenvalue weighted by Gasteiger charge is 2.26. The van der Waals surface area contributed by atoms with Crippen LogP contribution in [0.25, 0.3) is 0 Å². The van der Waals surface area contributed by atoms with Gasteiger partial charge in [-0.2, -0.15) is 4.31 Å². The summed E-state index contributed by atoms with van der Waals surface area (Å²) in [4.78, 5) is 12.9. The molecule has 2 heterocycles. The van der Waals surface area contributed by atoms with Gasteiger partial charge in [0, 0.05) is 24.4 Å². The molecule has 0 bridgehead atoms. The van der Waals surface area contributed by atoms with Crippen LogP contribution in [0.3, 0.4) is 0 Å². The summed E-state index contributed by atoms with van der Waals surface area (Å²) >= 11 is 2.75. The number of thioether (sulfide) groups is 1. The average Bonchev–Trinajstić information content (AvgIpc) is 2.96. The van der Waals surface area contributed by atoms with Gasteiger partial charge in [-0.3, -0.25) is 10.1 Å². The fraction of sp³-hybridized carbons (Fsp3) is 0.421. The van der Waals surface area contributed by atoms with Crippen LogP contribution in [0.15, 0.2) is 40.1 Å². The van der Waals surface area contributed by atoms with E-state index in [1.807, 2.05) is 0 Å². The van der Waals surface area contributed by atoms with Gasteiger partial charge in [-0.1, -0.05) is 48.1 Å². The van der Waals surface area contributed by atoms with Crippen molar-refractivity contribution in [3.63, 3.8) is 0 Å². The van der Waals surface area contributed by atoms with Gasteiger partial charge in [0.05, 0.1) is 4.90 Å². The van der Waals surface area contributed by atoms with Crippen LogP contribution in [0, 0.1) is 6.92 Å². The first-order valence-electron chi connectivity index (χ1n) is 9.41. The van der Waals surface area contributed by atoms with Gasteiger partial charge in [0.15, 0.2) is 4.34 Å². The summed E-state index contributed by atoms with van der Waals surface area (Å²) in [6.45, 7) is 6.48. The Labute approximate surface area is 179 Å². The van der Waals surface area contributed by atoms with E-state index >= 15 is 0 Å². The Bertz CT molecular complexity index is 980. The van der Waals surface area contributed by atoms with E-state index in [1.54, 1.807) is 25.1 Å². The summed E-state index contributed by atoms with van der Waals surface area (Å²) in [5, 5.41) is 11.1. The minimum absolute atomic E-state index is 0.148. The number of aryl methyl sites for hydroxylation is 1. The molecule has 0 aliphatic carbocycles. The zero-order valence-corrected chi connectivity index (χ0v) is 18.7. The van der Waals surface area contributed by atoms with Gasteiger partial charge in [-0.25, -0.2) is 8.42 Å². The first kappa shape index (κ1) is 21.9. The van der Waals surface area contributed by atoms with Crippen molar-refractivity contribution in [1.29, 1.82) is 0 Å². The maximum absolute atomic E-state index is 13.1. The minimum Gasteiger partial charge on any atom is -0.296 e. The molecule has 1 aromatic heterocycles. The Hall–Kier alpha value is -1.75. The van der Waals surface area contributed by atoms with Gasteiger partial charge in [-0.15, -0.1) is 16.8 Å². The van der Waals surface area contributed by atoms with Gasteiger partial charge in [0.2, 0.25) is 15.2 Å². The lowest BCUT2D eigenvalue weighted by Gasteiger charge is -2.20. The molecule has 29 heavy (non-hydrogen) atoms. The van der Waals surface area contributed by atoms with E-state index in [4.69, 9.17) is 0 Å². The smallest absolute Gasteiger partial charge is 0.257 e. The van der Waals surface area contributed by atoms with Crippen LogP contribution in [-0.2, 0) is 10.0 Å². The third-order valence-corrected chi connectivity index (χ3v) is 8.47. The van der Waals surface area contributed by atoms with Crippen LogP contribution >= 0.6 is 23.1 Å². The Balaban J connectivity index is 1.80. The zero-order chi connectivity index (χ0) is 20.9. The number of rotatable bonds is 7. The molecule has 0 atom stereocenters. The van der Waals surface area contributed by atoms with Crippen LogP contribution in [0.1, 0.15) is 41.6 Å². The second kappa shape index (κ2) is 9.84. The third kappa shape index (κ3) is 5.44. The first-order chi connectivity index (χ1) is 13.9. The number of carbonyl (C=O) groups is 1. The van der Waals surface area contributed by atoms with Gasteiger partial charge >= 0.3 is 0 Å². The minimum atomic E-state index is -3.62. The molecule has 3 rings (SSSR count). The lowest BCUT2D eigenvalue weighted by Crippen LogP contribution is -2.32. The average molecular weight is 453 g/mol. The lowest BCUT2D eigenvalue weighted by molar-refractivity contribution is 0.102. The Morgan fingerprint density at radius 2 is 2.00 bits per heavy atom. The lowest BCUT2D eigenvalue weighted by atomic mass is 10.1. The summed E-state index contributed by atoms with van der Waals surface area (Å²) in [6.07, 6.45) is 5.58. The Morgan fingerprint density at radius 3 is 2.69 bits per heavy atom. The van der Waals surface area contributed by atoms with E-state index in [0.29, 0.717) is 35.1 Å². The summed E-state index contributed by atoms with van der Waals surface area (Å²) in [5.41, 5.74) is 1.01. The van der Waals surface area contributed by atoms with E-state index in [9.17, 15) is 13.2 Å². The number of anilines is 1. The number of aromatic nitrogens is 2. The van der Waals surface area contributed by atoms with E-state index in [-0.39, 0.29) is 4.90 Å². The molecule has 156 valence electrons. The maximum atomic E-state index is 13.1. The molecule has 2 aromatic rings. The highest BCUT2D eigenvalue weighted by Crippen LogP contribution is 2.27. The number of sulfonamides is 1. The van der Waals surface area contributed by atoms with E-state index in [0.717, 1.165) is 30.0 Å². The van der Waals surface area contributed by atoms with E-state index in [2.05, 4.69) is 22.1 Å². The van der Waals surface area contributed by atoms with Crippen molar-refractivity contribution in [2.45, 2.75) is 41.8 Å². The Kier molecular flexibility index (Phi) is 7.44. The van der Waals surface area contributed by atoms with Crippen LogP contribution in [0.4, 0.5) is 5.13 Å². The van der Waals surface area contributed by atoms with Crippen LogP contribution < -0.4 is 5.32 Å². The van der Waals surface area contributed by atoms with Crippen molar-refractivity contribution in [1.82, 2.24) is 14.5 Å². The number of nitrogens with zero attached hydrogens (tertiary/aromatic N) is 3. The predicted octanol–water partition coefficient (Wildman–Crippen LogP) is 3.94. The van der Waals surface area contributed by atoms with Crippen molar-refractivity contribution in [3.8, 4) is 0 Å². The number of hydrogen-bond acceptors (Lipinski definition) is 7. The quantitative estimate of drug-likeness (QED) is 0.389. The standard InChI is InChI=1S/C19H24N4O3S3/c1-3-12-27-19-22-21-18(28-19)20-17(24)16-13-15(9-8-14(16)2)29(25,26)23-10-6-4-5-7-11-23/h3,8-9,13H,1,4-7,10-12H2,2H3,(H,20,21,24). The molecular formula is C19H24N4O3S3. The molecular weight excluding hydrogens is 428 g/mol. The van der Waals surface area contributed by atoms with Crippen molar-refractivity contribution in [2.24, 2.45) is 0 Å². The second-order valence-electron chi connectivity index (χ2n) is 6.72. The Morgan fingerprint density at radius 1 is 1.28 bits per heavy atom. The summed E-state index contributed by atoms with van der Waals surface area (Å²) < 4.78 is 28.4. The van der Waals surface area contributed by atoms with Crippen molar-refractivity contribution < 1.29 is 13.2 Å². The van der Waals surface area contributed by atoms with E-state index < -0.39 is 15.9 Å². The van der Waals surface area contributed by atoms with E-state index in [1.165, 1.54) is 33.5 Å². The summed E-state index contributed by atoms with van der Waals surface area (Å²) in [6, 6.07) is 4.70. The second-order valence-corrected chi connectivity index (χ2v) is 10.9. The molecule has 1 amide bonds. The predicted molar refractivity (Wildman–Crippen MR) is 117 cm³/mol. The highest BCUT2D eigenvalue weighted by atomic mass is 32.2. The van der Waals surface area contributed by atoms with Crippen molar-refractivity contribution in [3.05, 3.63) is 42.0 Å². The number of carbonyl (C=O) groups excluding carboxylic acids is 1. The van der Waals surface area contributed by atoms with Gasteiger partial charge in [0.1, 0.15) is 0 Å². The molecule has 1 aromatic carbocycles. The normalized spacial score (nSPS) is 15.6. The summed E-state index contributed by atoms with van der Waals surface area (Å²) in [7, 11) is -3.62. The third-order valence-electron chi connectivity index (χ3n) is 4.61. The molecule has 1 saturated heterocycles. The first-order valence-corrected chi connectivity index (χ1v) is 12.7. The molecule has 1 N–H and O–H groups in total. The fourth-order valence-corrected chi connectivity index (χ4v) is 6.10. The number of nitrogens with one attached hydrogen (secondary N) is 1. The fourth-order valence-electron chi connectivity index (χ4n) is 3.05. The molecule has 0 spiro atoms. The molecule has 1 aliphatic heterocycles. The van der Waals surface area contributed by atoms with Gasteiger partial charge in [0.25, 0.3) is 5.91 Å². The van der Waals surface area contributed by atoms with Crippen LogP contribution in [0.2, 0.25) is 0 Å². The molecule has 1 fully saturated rings. The topological polar surface area (TPSA) is 92.3 Å². The molecule has 0 unspecified atom stereocenters. The van der Waals surface area contributed by atoms with Crippen molar-refractivity contribution >= 4 is 44.2 Å². The van der Waals surface area contributed by atoms with Gasteiger partial charge in [-0.05, 0) is 37.5 Å². The maximum Gasteiger partial charge on any atom is 0.257 e. The molecule has 0 saturated carbocycles. The highest BCUT2D eigenvalue weighted by molar-refractivity contribution is 8.01. The van der Waals surface area contributed by atoms with Gasteiger partial charge < -0.3 is 0 Å². The number of amides is 1. The SMILES string of the molecule is C=CCSc1nnc(NC(=O)c2cc(S(=O)(=O)N3CCCCCC3)ccc2C)s1. The van der Waals surface area contributed by atoms with Crippen molar-refractivity contribution in [2.75, 3.05) is 24.2 Å². The number of hydrogen-bond donors (Lipinski definition) is 1. The molecule has 7 nitrogen and oxygen atoms in total. The monoisotopic (exact) mass is 452 g/mol. The molecule has 0 radical (unpaired) electrons. The zero-order valence-electron chi connectivity index (χ0n) is 16.3. The van der Waals surface area contributed by atoms with Crippen LogP contribution in [-0.4, -0.2) is 47.7 Å². The summed E-state index contributed by atoms with van der Waals surface area (Å²) in [5.74, 6) is 0.310. The molecule has 10 heteroatoms. The number of benzene rings is 1.